The zero-order valence-corrected chi connectivity index (χ0v) is 10.6. The normalized spacial score (nSPS) is 10.2. The maximum Gasteiger partial charge on any atom is 0.344 e. The Morgan fingerprint density at radius 2 is 2.05 bits per heavy atom. The minimum absolute atomic E-state index is 0.00733. The molecule has 6 heteroatoms. The van der Waals surface area contributed by atoms with Crippen LogP contribution >= 0.6 is 0 Å². The van der Waals surface area contributed by atoms with Crippen LogP contribution in [0.5, 0.6) is 11.5 Å². The van der Waals surface area contributed by atoms with Crippen LogP contribution in [0.25, 0.3) is 6.08 Å². The van der Waals surface area contributed by atoms with Crippen LogP contribution < -0.4 is 4.74 Å². The number of esters is 2. The van der Waals surface area contributed by atoms with Crippen molar-refractivity contribution in [2.75, 3.05) is 20.8 Å². The van der Waals surface area contributed by atoms with E-state index in [0.717, 1.165) is 6.08 Å². The van der Waals surface area contributed by atoms with Crippen LogP contribution in [0.15, 0.2) is 24.3 Å². The first-order chi connectivity index (χ1) is 9.06. The third-order valence-electron chi connectivity index (χ3n) is 2.18. The summed E-state index contributed by atoms with van der Waals surface area (Å²) in [5.41, 5.74) is 0.643. The van der Waals surface area contributed by atoms with Gasteiger partial charge in [0.25, 0.3) is 0 Å². The lowest BCUT2D eigenvalue weighted by Gasteiger charge is -2.03. The van der Waals surface area contributed by atoms with Gasteiger partial charge >= 0.3 is 11.9 Å². The number of hydrogen-bond acceptors (Lipinski definition) is 6. The van der Waals surface area contributed by atoms with E-state index in [0.29, 0.717) is 11.3 Å². The van der Waals surface area contributed by atoms with Crippen LogP contribution in [-0.2, 0) is 19.1 Å². The minimum atomic E-state index is -0.669. The highest BCUT2D eigenvalue weighted by Gasteiger charge is 2.04. The highest BCUT2D eigenvalue weighted by atomic mass is 16.6. The van der Waals surface area contributed by atoms with E-state index in [1.165, 1.54) is 26.4 Å². The van der Waals surface area contributed by atoms with Gasteiger partial charge in [-0.2, -0.15) is 0 Å². The van der Waals surface area contributed by atoms with Gasteiger partial charge < -0.3 is 19.3 Å². The number of rotatable bonds is 5. The fourth-order valence-corrected chi connectivity index (χ4v) is 1.20. The molecular formula is C13H14O6. The summed E-state index contributed by atoms with van der Waals surface area (Å²) in [5.74, 6) is -0.997. The summed E-state index contributed by atoms with van der Waals surface area (Å²) in [5, 5.41) is 9.39. The predicted octanol–water partition coefficient (Wildman–Crippen LogP) is 1.13. The molecule has 0 radical (unpaired) electrons. The maximum atomic E-state index is 11.3. The van der Waals surface area contributed by atoms with Crippen LogP contribution in [0.1, 0.15) is 5.56 Å². The topological polar surface area (TPSA) is 82.1 Å². The fraction of sp³-hybridized carbons (Fsp3) is 0.231. The van der Waals surface area contributed by atoms with Gasteiger partial charge in [-0.05, 0) is 23.8 Å². The van der Waals surface area contributed by atoms with Crippen molar-refractivity contribution < 1.29 is 28.9 Å². The van der Waals surface area contributed by atoms with Gasteiger partial charge in [-0.15, -0.1) is 0 Å². The van der Waals surface area contributed by atoms with Gasteiger partial charge in [0, 0.05) is 6.08 Å². The second-order valence-corrected chi connectivity index (χ2v) is 3.45. The average molecular weight is 266 g/mol. The molecule has 1 N–H and O–H groups in total. The van der Waals surface area contributed by atoms with Crippen LogP contribution in [0.2, 0.25) is 0 Å². The lowest BCUT2D eigenvalue weighted by atomic mass is 10.2. The monoisotopic (exact) mass is 266 g/mol. The van der Waals surface area contributed by atoms with Crippen molar-refractivity contribution >= 4 is 18.0 Å². The number of phenolic OH excluding ortho intramolecular Hbond substituents is 1. The van der Waals surface area contributed by atoms with Gasteiger partial charge in [0.2, 0.25) is 0 Å². The highest BCUT2D eigenvalue weighted by Crippen LogP contribution is 2.26. The number of phenols is 1. The Balaban J connectivity index is 2.61. The molecular weight excluding hydrogens is 252 g/mol. The summed E-state index contributed by atoms with van der Waals surface area (Å²) in [6.07, 6.45) is 2.64. The molecule has 6 nitrogen and oxygen atoms in total. The number of ether oxygens (including phenoxy) is 3. The summed E-state index contributed by atoms with van der Waals surface area (Å²) in [6.45, 7) is -0.432. The van der Waals surface area contributed by atoms with Crippen molar-refractivity contribution in [1.29, 1.82) is 0 Å². The van der Waals surface area contributed by atoms with Gasteiger partial charge in [0.15, 0.2) is 18.1 Å². The summed E-state index contributed by atoms with van der Waals surface area (Å²) in [7, 11) is 2.63. The van der Waals surface area contributed by atoms with Gasteiger partial charge in [-0.1, -0.05) is 6.07 Å². The molecule has 0 saturated carbocycles. The lowest BCUT2D eigenvalue weighted by Crippen LogP contribution is -2.13. The molecule has 0 amide bonds. The number of carbonyl (C=O) groups excluding carboxylic acids is 2. The lowest BCUT2D eigenvalue weighted by molar-refractivity contribution is -0.154. The van der Waals surface area contributed by atoms with Gasteiger partial charge in [-0.25, -0.2) is 9.59 Å². The maximum absolute atomic E-state index is 11.3. The SMILES string of the molecule is COC(=O)COC(=O)/C=C/c1ccc(O)c(OC)c1. The Morgan fingerprint density at radius 1 is 1.32 bits per heavy atom. The third-order valence-corrected chi connectivity index (χ3v) is 2.18. The molecule has 0 fully saturated rings. The molecule has 19 heavy (non-hydrogen) atoms. The second kappa shape index (κ2) is 7.05. The number of carbonyl (C=O) groups is 2. The van der Waals surface area contributed by atoms with Crippen molar-refractivity contribution in [2.45, 2.75) is 0 Å². The van der Waals surface area contributed by atoms with Crippen LogP contribution in [-0.4, -0.2) is 37.9 Å². The van der Waals surface area contributed by atoms with E-state index < -0.39 is 18.5 Å². The zero-order valence-electron chi connectivity index (χ0n) is 10.6. The van der Waals surface area contributed by atoms with Crippen LogP contribution in [0.3, 0.4) is 0 Å². The molecule has 0 aliphatic heterocycles. The smallest absolute Gasteiger partial charge is 0.344 e. The second-order valence-electron chi connectivity index (χ2n) is 3.45. The summed E-state index contributed by atoms with van der Waals surface area (Å²) in [4.78, 5) is 22.0. The summed E-state index contributed by atoms with van der Waals surface area (Å²) < 4.78 is 13.9. The van der Waals surface area contributed by atoms with E-state index in [1.807, 2.05) is 0 Å². The fourth-order valence-electron chi connectivity index (χ4n) is 1.20. The third kappa shape index (κ3) is 4.71. The van der Waals surface area contributed by atoms with E-state index in [4.69, 9.17) is 4.74 Å². The molecule has 0 unspecified atom stereocenters. The average Bonchev–Trinajstić information content (AvgIpc) is 2.43. The molecule has 0 aliphatic rings. The van der Waals surface area contributed by atoms with E-state index >= 15 is 0 Å². The van der Waals surface area contributed by atoms with E-state index in [-0.39, 0.29) is 5.75 Å². The molecule has 0 atom stereocenters. The van der Waals surface area contributed by atoms with Crippen molar-refractivity contribution in [1.82, 2.24) is 0 Å². The molecule has 1 aromatic rings. The molecule has 0 bridgehead atoms. The zero-order chi connectivity index (χ0) is 14.3. The molecule has 0 spiro atoms. The Bertz CT molecular complexity index is 492. The van der Waals surface area contributed by atoms with Gasteiger partial charge in [0.05, 0.1) is 14.2 Å². The predicted molar refractivity (Wildman–Crippen MR) is 66.7 cm³/mol. The Morgan fingerprint density at radius 3 is 2.68 bits per heavy atom. The van der Waals surface area contributed by atoms with Gasteiger partial charge in [0.1, 0.15) is 0 Å². The van der Waals surface area contributed by atoms with E-state index in [2.05, 4.69) is 9.47 Å². The summed E-state index contributed by atoms with van der Waals surface area (Å²) >= 11 is 0. The van der Waals surface area contributed by atoms with Crippen molar-refractivity contribution in [3.63, 3.8) is 0 Å². The Hall–Kier alpha value is -2.50. The molecule has 0 saturated heterocycles. The molecule has 0 aliphatic carbocycles. The Kier molecular flexibility index (Phi) is 5.40. The first-order valence-corrected chi connectivity index (χ1v) is 5.35. The van der Waals surface area contributed by atoms with Gasteiger partial charge in [-0.3, -0.25) is 0 Å². The van der Waals surface area contributed by atoms with Crippen molar-refractivity contribution in [2.24, 2.45) is 0 Å². The quantitative estimate of drug-likeness (QED) is 0.635. The standard InChI is InChI=1S/C13H14O6/c1-17-11-7-9(3-5-10(11)14)4-6-12(15)19-8-13(16)18-2/h3-7,14H,8H2,1-2H3/b6-4+. The van der Waals surface area contributed by atoms with Crippen molar-refractivity contribution in [3.8, 4) is 11.5 Å². The molecule has 102 valence electrons. The molecule has 0 aromatic heterocycles. The number of aromatic hydroxyl groups is 1. The first kappa shape index (κ1) is 14.6. The molecule has 1 aromatic carbocycles. The Labute approximate surface area is 110 Å². The van der Waals surface area contributed by atoms with E-state index in [9.17, 15) is 14.7 Å². The minimum Gasteiger partial charge on any atom is -0.504 e. The molecule has 1 rings (SSSR count). The van der Waals surface area contributed by atoms with Crippen molar-refractivity contribution in [3.05, 3.63) is 29.8 Å². The largest absolute Gasteiger partial charge is 0.504 e. The number of hydrogen-bond donors (Lipinski definition) is 1. The summed E-state index contributed by atoms with van der Waals surface area (Å²) in [6, 6.07) is 4.60. The molecule has 0 heterocycles. The number of methoxy groups -OCH3 is 2. The van der Waals surface area contributed by atoms with Crippen LogP contribution in [0, 0.1) is 0 Å². The first-order valence-electron chi connectivity index (χ1n) is 5.35. The van der Waals surface area contributed by atoms with Crippen LogP contribution in [0.4, 0.5) is 0 Å². The highest BCUT2D eigenvalue weighted by molar-refractivity contribution is 5.88. The number of benzene rings is 1. The van der Waals surface area contributed by atoms with E-state index in [1.54, 1.807) is 12.1 Å².